The van der Waals surface area contributed by atoms with Crippen molar-refractivity contribution in [1.29, 1.82) is 0 Å². The van der Waals surface area contributed by atoms with Gasteiger partial charge in [-0.2, -0.15) is 0 Å². The molecule has 0 aliphatic rings. The molecule has 0 atom stereocenters. The minimum Gasteiger partial charge on any atom is -0.439 e. The molecule has 0 saturated carbocycles. The molecule has 3 rings (SSSR count). The first kappa shape index (κ1) is 16.1. The largest absolute Gasteiger partial charge is 0.439 e. The third-order valence-corrected chi connectivity index (χ3v) is 3.65. The van der Waals surface area contributed by atoms with E-state index in [0.717, 1.165) is 5.56 Å². The van der Waals surface area contributed by atoms with Crippen molar-refractivity contribution < 1.29 is 14.4 Å². The molecule has 0 spiro atoms. The summed E-state index contributed by atoms with van der Waals surface area (Å²) in [7, 11) is 0. The molecule has 1 N–H and O–H groups in total. The fourth-order valence-corrected chi connectivity index (χ4v) is 2.53. The molecule has 1 heterocycles. The molecular formula is C17H17N3O4. The van der Waals surface area contributed by atoms with Gasteiger partial charge < -0.3 is 9.52 Å². The highest BCUT2D eigenvalue weighted by Gasteiger charge is 2.14. The highest BCUT2D eigenvalue weighted by atomic mass is 16.6. The van der Waals surface area contributed by atoms with Gasteiger partial charge in [0.1, 0.15) is 5.52 Å². The summed E-state index contributed by atoms with van der Waals surface area (Å²) in [5.41, 5.74) is 2.08. The average molecular weight is 327 g/mol. The molecule has 0 bridgehead atoms. The van der Waals surface area contributed by atoms with Gasteiger partial charge >= 0.3 is 0 Å². The van der Waals surface area contributed by atoms with Gasteiger partial charge in [-0.15, -0.1) is 0 Å². The minimum absolute atomic E-state index is 0.0150. The van der Waals surface area contributed by atoms with Crippen molar-refractivity contribution in [3.63, 3.8) is 0 Å². The Morgan fingerprint density at radius 3 is 2.67 bits per heavy atom. The molecule has 0 aliphatic carbocycles. The summed E-state index contributed by atoms with van der Waals surface area (Å²) in [6.07, 6.45) is 0. The van der Waals surface area contributed by atoms with E-state index < -0.39 is 4.92 Å². The van der Waals surface area contributed by atoms with Gasteiger partial charge in [-0.1, -0.05) is 30.3 Å². The van der Waals surface area contributed by atoms with E-state index in [0.29, 0.717) is 36.6 Å². The number of aliphatic hydroxyl groups excluding tert-OH is 1. The van der Waals surface area contributed by atoms with Crippen LogP contribution in [0.5, 0.6) is 0 Å². The van der Waals surface area contributed by atoms with Crippen LogP contribution in [0.25, 0.3) is 11.1 Å². The Morgan fingerprint density at radius 1 is 1.17 bits per heavy atom. The zero-order valence-corrected chi connectivity index (χ0v) is 13.0. The molecule has 0 aliphatic heterocycles. The van der Waals surface area contributed by atoms with Gasteiger partial charge in [0, 0.05) is 25.2 Å². The summed E-state index contributed by atoms with van der Waals surface area (Å²) in [6, 6.07) is 14.3. The molecule has 124 valence electrons. The molecule has 0 amide bonds. The second kappa shape index (κ2) is 7.20. The number of fused-ring (bicyclic) bond motifs is 1. The minimum atomic E-state index is -0.457. The van der Waals surface area contributed by atoms with Crippen LogP contribution in [0.1, 0.15) is 11.5 Å². The van der Waals surface area contributed by atoms with E-state index >= 15 is 0 Å². The molecule has 0 saturated heterocycles. The molecule has 0 unspecified atom stereocenters. The van der Waals surface area contributed by atoms with Gasteiger partial charge in [0.2, 0.25) is 5.89 Å². The average Bonchev–Trinajstić information content (AvgIpc) is 2.97. The number of nitrogens with zero attached hydrogens (tertiary/aromatic N) is 3. The first-order valence-corrected chi connectivity index (χ1v) is 7.56. The number of hydrogen-bond donors (Lipinski definition) is 1. The van der Waals surface area contributed by atoms with E-state index in [2.05, 4.69) is 4.98 Å². The van der Waals surface area contributed by atoms with Crippen LogP contribution >= 0.6 is 0 Å². The van der Waals surface area contributed by atoms with Gasteiger partial charge in [0.15, 0.2) is 5.58 Å². The van der Waals surface area contributed by atoms with E-state index in [4.69, 9.17) is 4.42 Å². The van der Waals surface area contributed by atoms with E-state index in [1.165, 1.54) is 12.1 Å². The normalized spacial score (nSPS) is 11.2. The molecule has 1 aromatic heterocycles. The molecule has 7 heteroatoms. The number of nitro benzene ring substituents is 1. The summed E-state index contributed by atoms with van der Waals surface area (Å²) in [4.78, 5) is 16.7. The number of aromatic nitrogens is 1. The van der Waals surface area contributed by atoms with Gasteiger partial charge in [-0.3, -0.25) is 15.0 Å². The quantitative estimate of drug-likeness (QED) is 0.530. The van der Waals surface area contributed by atoms with Crippen LogP contribution < -0.4 is 0 Å². The molecule has 24 heavy (non-hydrogen) atoms. The Morgan fingerprint density at radius 2 is 1.96 bits per heavy atom. The first-order valence-electron chi connectivity index (χ1n) is 7.56. The summed E-state index contributed by atoms with van der Waals surface area (Å²) < 4.78 is 5.66. The van der Waals surface area contributed by atoms with Crippen LogP contribution in [0.2, 0.25) is 0 Å². The maximum atomic E-state index is 10.8. The van der Waals surface area contributed by atoms with Crippen molar-refractivity contribution in [2.24, 2.45) is 0 Å². The van der Waals surface area contributed by atoms with Crippen LogP contribution in [0.15, 0.2) is 52.9 Å². The lowest BCUT2D eigenvalue weighted by Crippen LogP contribution is -2.26. The lowest BCUT2D eigenvalue weighted by molar-refractivity contribution is -0.384. The summed E-state index contributed by atoms with van der Waals surface area (Å²) in [6.45, 7) is 1.57. The molecule has 0 radical (unpaired) electrons. The zero-order valence-electron chi connectivity index (χ0n) is 13.0. The Kier molecular flexibility index (Phi) is 4.83. The van der Waals surface area contributed by atoms with Crippen LogP contribution in [0.4, 0.5) is 5.69 Å². The Bertz CT molecular complexity index is 832. The number of rotatable bonds is 7. The van der Waals surface area contributed by atoms with Gasteiger partial charge in [0.25, 0.3) is 5.69 Å². The van der Waals surface area contributed by atoms with Gasteiger partial charge in [-0.05, 0) is 11.6 Å². The summed E-state index contributed by atoms with van der Waals surface area (Å²) in [5, 5.41) is 20.1. The van der Waals surface area contributed by atoms with E-state index in [9.17, 15) is 15.2 Å². The van der Waals surface area contributed by atoms with E-state index in [1.807, 2.05) is 35.2 Å². The zero-order chi connectivity index (χ0) is 16.9. The number of oxazole rings is 1. The summed E-state index contributed by atoms with van der Waals surface area (Å²) in [5.74, 6) is 0.467. The standard InChI is InChI=1S/C17H17N3O4/c21-9-8-19(11-13-4-2-1-3-5-13)12-17-18-15-10-14(20(22)23)6-7-16(15)24-17/h1-7,10,21H,8-9,11-12H2. The third kappa shape index (κ3) is 3.76. The molecule has 3 aromatic rings. The van der Waals surface area contributed by atoms with Crippen LogP contribution in [-0.4, -0.2) is 33.1 Å². The predicted octanol–water partition coefficient (Wildman–Crippen LogP) is 2.73. The maximum absolute atomic E-state index is 10.8. The van der Waals surface area contributed by atoms with Crippen molar-refractivity contribution in [2.75, 3.05) is 13.2 Å². The fourth-order valence-electron chi connectivity index (χ4n) is 2.53. The maximum Gasteiger partial charge on any atom is 0.271 e. The lowest BCUT2D eigenvalue weighted by Gasteiger charge is -2.19. The van der Waals surface area contributed by atoms with Crippen molar-refractivity contribution >= 4 is 16.8 Å². The Hall–Kier alpha value is -2.77. The summed E-state index contributed by atoms with van der Waals surface area (Å²) >= 11 is 0. The highest BCUT2D eigenvalue weighted by Crippen LogP contribution is 2.22. The highest BCUT2D eigenvalue weighted by molar-refractivity contribution is 5.75. The van der Waals surface area contributed by atoms with E-state index in [1.54, 1.807) is 6.07 Å². The monoisotopic (exact) mass is 327 g/mol. The number of aliphatic hydroxyl groups is 1. The van der Waals surface area contributed by atoms with Crippen molar-refractivity contribution in [1.82, 2.24) is 9.88 Å². The van der Waals surface area contributed by atoms with Crippen LogP contribution in [-0.2, 0) is 13.1 Å². The molecular weight excluding hydrogens is 310 g/mol. The van der Waals surface area contributed by atoms with Crippen LogP contribution in [0, 0.1) is 10.1 Å². The molecule has 2 aromatic carbocycles. The second-order valence-electron chi connectivity index (χ2n) is 5.44. The van der Waals surface area contributed by atoms with Gasteiger partial charge in [-0.25, -0.2) is 4.98 Å². The third-order valence-electron chi connectivity index (χ3n) is 3.65. The van der Waals surface area contributed by atoms with Crippen molar-refractivity contribution in [2.45, 2.75) is 13.1 Å². The predicted molar refractivity (Wildman–Crippen MR) is 88.3 cm³/mol. The second-order valence-corrected chi connectivity index (χ2v) is 5.44. The van der Waals surface area contributed by atoms with Crippen LogP contribution in [0.3, 0.4) is 0 Å². The topological polar surface area (TPSA) is 92.6 Å². The molecule has 0 fully saturated rings. The number of nitro groups is 1. The Labute approximate surface area is 138 Å². The smallest absolute Gasteiger partial charge is 0.271 e. The lowest BCUT2D eigenvalue weighted by atomic mass is 10.2. The number of non-ortho nitro benzene ring substituents is 1. The Balaban J connectivity index is 1.79. The number of benzene rings is 2. The first-order chi connectivity index (χ1) is 11.7. The van der Waals surface area contributed by atoms with Crippen molar-refractivity contribution in [3.05, 3.63) is 70.1 Å². The van der Waals surface area contributed by atoms with E-state index in [-0.39, 0.29) is 12.3 Å². The number of hydrogen-bond acceptors (Lipinski definition) is 6. The SMILES string of the molecule is O=[N+]([O-])c1ccc2oc(CN(CCO)Cc3ccccc3)nc2c1. The van der Waals surface area contributed by atoms with Gasteiger partial charge in [0.05, 0.1) is 18.1 Å². The van der Waals surface area contributed by atoms with Crippen molar-refractivity contribution in [3.8, 4) is 0 Å². The molecule has 7 nitrogen and oxygen atoms in total. The fraction of sp³-hybridized carbons (Fsp3) is 0.235.